The summed E-state index contributed by atoms with van der Waals surface area (Å²) < 4.78 is 12.5. The first-order valence-corrected chi connectivity index (χ1v) is 6.25. The zero-order valence-corrected chi connectivity index (χ0v) is 12.3. The van der Waals surface area contributed by atoms with Crippen LogP contribution in [0.2, 0.25) is 0 Å². The van der Waals surface area contributed by atoms with Crippen molar-refractivity contribution in [2.45, 2.75) is 6.54 Å². The van der Waals surface area contributed by atoms with Crippen LogP contribution >= 0.6 is 12.4 Å². The number of methoxy groups -OCH3 is 1. The number of fused-ring (bicyclic) bond motifs is 1. The highest BCUT2D eigenvalue weighted by Gasteiger charge is 2.01. The van der Waals surface area contributed by atoms with E-state index in [0.29, 0.717) is 19.0 Å². The predicted molar refractivity (Wildman–Crippen MR) is 81.1 cm³/mol. The highest BCUT2D eigenvalue weighted by atomic mass is 35.5. The van der Waals surface area contributed by atoms with Crippen molar-refractivity contribution in [3.8, 4) is 11.6 Å². The fourth-order valence-electron chi connectivity index (χ4n) is 1.89. The second-order valence-corrected chi connectivity index (χ2v) is 4.22. The number of ether oxygens (including phenoxy) is 2. The Labute approximate surface area is 128 Å². The minimum absolute atomic E-state index is 0. The first kappa shape index (κ1) is 15.1. The summed E-state index contributed by atoms with van der Waals surface area (Å²) in [5.74, 6) is 1.37. The van der Waals surface area contributed by atoms with Crippen molar-refractivity contribution in [3.63, 3.8) is 0 Å². The van der Waals surface area contributed by atoms with E-state index < -0.39 is 0 Å². The molecular weight excluding hydrogens is 292 g/mol. The molecule has 0 bridgehead atoms. The lowest BCUT2D eigenvalue weighted by atomic mass is 10.2. The van der Waals surface area contributed by atoms with Gasteiger partial charge in [-0.15, -0.1) is 12.4 Å². The van der Waals surface area contributed by atoms with Crippen LogP contribution in [0.15, 0.2) is 43.0 Å². The van der Waals surface area contributed by atoms with Crippen molar-refractivity contribution in [2.24, 2.45) is 0 Å². The van der Waals surface area contributed by atoms with E-state index in [4.69, 9.17) is 9.47 Å². The zero-order valence-electron chi connectivity index (χ0n) is 11.5. The van der Waals surface area contributed by atoms with Gasteiger partial charge in [-0.3, -0.25) is 0 Å². The molecule has 0 fully saturated rings. The summed E-state index contributed by atoms with van der Waals surface area (Å²) in [5.41, 5.74) is 0.850. The Morgan fingerprint density at radius 3 is 2.81 bits per heavy atom. The third-order valence-electron chi connectivity index (χ3n) is 2.90. The standard InChI is InChI=1S/C14H14N4O2.ClH/c1-19-14-5-3-11-2-4-12(8-13(11)17-14)20-7-6-18-10-15-9-16-18;/h2-5,8-10H,6-7H2,1H3;1H. The predicted octanol–water partition coefficient (Wildman–Crippen LogP) is 2.34. The summed E-state index contributed by atoms with van der Waals surface area (Å²) >= 11 is 0. The summed E-state index contributed by atoms with van der Waals surface area (Å²) in [6.45, 7) is 1.18. The van der Waals surface area contributed by atoms with E-state index in [1.54, 1.807) is 18.1 Å². The number of hydrogen-bond acceptors (Lipinski definition) is 5. The molecule has 110 valence electrons. The Morgan fingerprint density at radius 1 is 1.19 bits per heavy atom. The Hall–Kier alpha value is -2.34. The molecule has 3 rings (SSSR count). The summed E-state index contributed by atoms with van der Waals surface area (Å²) in [4.78, 5) is 8.26. The van der Waals surface area contributed by atoms with Gasteiger partial charge in [0.2, 0.25) is 5.88 Å². The topological polar surface area (TPSA) is 62.1 Å². The van der Waals surface area contributed by atoms with Gasteiger partial charge in [0.1, 0.15) is 25.0 Å². The van der Waals surface area contributed by atoms with Gasteiger partial charge in [-0.1, -0.05) is 0 Å². The summed E-state index contributed by atoms with van der Waals surface area (Å²) in [6, 6.07) is 9.62. The third kappa shape index (κ3) is 3.61. The Balaban J connectivity index is 0.00000161. The minimum Gasteiger partial charge on any atom is -0.492 e. The van der Waals surface area contributed by atoms with Crippen LogP contribution in [0.3, 0.4) is 0 Å². The van der Waals surface area contributed by atoms with Gasteiger partial charge in [-0.2, -0.15) is 5.10 Å². The molecule has 0 saturated heterocycles. The second-order valence-electron chi connectivity index (χ2n) is 4.22. The summed E-state index contributed by atoms with van der Waals surface area (Å²) in [5, 5.41) is 5.07. The Kier molecular flexibility index (Phi) is 4.94. The highest BCUT2D eigenvalue weighted by molar-refractivity contribution is 5.85. The second kappa shape index (κ2) is 6.90. The van der Waals surface area contributed by atoms with Crippen LogP contribution in [-0.4, -0.2) is 33.5 Å². The lowest BCUT2D eigenvalue weighted by Gasteiger charge is -2.07. The van der Waals surface area contributed by atoms with Gasteiger partial charge >= 0.3 is 0 Å². The smallest absolute Gasteiger partial charge is 0.213 e. The monoisotopic (exact) mass is 306 g/mol. The molecule has 0 unspecified atom stereocenters. The lowest BCUT2D eigenvalue weighted by molar-refractivity contribution is 0.291. The van der Waals surface area contributed by atoms with E-state index in [1.165, 1.54) is 6.33 Å². The van der Waals surface area contributed by atoms with Gasteiger partial charge in [0.05, 0.1) is 19.2 Å². The van der Waals surface area contributed by atoms with Crippen LogP contribution in [0, 0.1) is 0 Å². The molecule has 0 aliphatic rings. The van der Waals surface area contributed by atoms with Crippen molar-refractivity contribution in [3.05, 3.63) is 43.0 Å². The van der Waals surface area contributed by atoms with Crippen molar-refractivity contribution in [1.29, 1.82) is 0 Å². The maximum Gasteiger partial charge on any atom is 0.213 e. The van der Waals surface area contributed by atoms with E-state index in [1.807, 2.05) is 30.3 Å². The molecule has 0 spiro atoms. The molecule has 3 aromatic rings. The van der Waals surface area contributed by atoms with Crippen molar-refractivity contribution in [1.82, 2.24) is 19.7 Å². The molecule has 21 heavy (non-hydrogen) atoms. The average molecular weight is 307 g/mol. The van der Waals surface area contributed by atoms with E-state index in [9.17, 15) is 0 Å². The van der Waals surface area contributed by atoms with E-state index in [-0.39, 0.29) is 12.4 Å². The zero-order chi connectivity index (χ0) is 13.8. The number of halogens is 1. The van der Waals surface area contributed by atoms with Gasteiger partial charge in [0, 0.05) is 17.5 Å². The van der Waals surface area contributed by atoms with Crippen LogP contribution < -0.4 is 9.47 Å². The van der Waals surface area contributed by atoms with Crippen LogP contribution in [0.25, 0.3) is 10.9 Å². The highest BCUT2D eigenvalue weighted by Crippen LogP contribution is 2.21. The van der Waals surface area contributed by atoms with Crippen molar-refractivity contribution >= 4 is 23.3 Å². The molecule has 2 aromatic heterocycles. The molecule has 0 aliphatic carbocycles. The minimum atomic E-state index is 0. The maximum atomic E-state index is 5.69. The Bertz CT molecular complexity index is 703. The lowest BCUT2D eigenvalue weighted by Crippen LogP contribution is -2.08. The Morgan fingerprint density at radius 2 is 2.05 bits per heavy atom. The van der Waals surface area contributed by atoms with Gasteiger partial charge in [0.15, 0.2) is 0 Å². The van der Waals surface area contributed by atoms with Gasteiger partial charge in [0.25, 0.3) is 0 Å². The molecule has 0 radical (unpaired) electrons. The molecule has 0 N–H and O–H groups in total. The molecule has 2 heterocycles. The summed E-state index contributed by atoms with van der Waals surface area (Å²) in [6.07, 6.45) is 3.17. The first-order chi connectivity index (χ1) is 9.85. The number of benzene rings is 1. The molecule has 0 aliphatic heterocycles. The van der Waals surface area contributed by atoms with Crippen LogP contribution in [-0.2, 0) is 6.54 Å². The van der Waals surface area contributed by atoms with Gasteiger partial charge < -0.3 is 9.47 Å². The maximum absolute atomic E-state index is 5.69. The first-order valence-electron chi connectivity index (χ1n) is 6.25. The van der Waals surface area contributed by atoms with Crippen molar-refractivity contribution in [2.75, 3.05) is 13.7 Å². The molecule has 0 atom stereocenters. The molecule has 0 amide bonds. The van der Waals surface area contributed by atoms with Crippen LogP contribution in [0.1, 0.15) is 0 Å². The molecule has 7 heteroatoms. The normalized spacial score (nSPS) is 10.1. The molecular formula is C14H15ClN4O2. The molecule has 0 saturated carbocycles. The number of pyridine rings is 1. The third-order valence-corrected chi connectivity index (χ3v) is 2.90. The SMILES string of the molecule is COc1ccc2ccc(OCCn3cncn3)cc2n1.Cl. The number of hydrogen-bond donors (Lipinski definition) is 0. The van der Waals surface area contributed by atoms with Crippen LogP contribution in [0.5, 0.6) is 11.6 Å². The quantitative estimate of drug-likeness (QED) is 0.724. The molecule has 1 aromatic carbocycles. The van der Waals surface area contributed by atoms with Crippen LogP contribution in [0.4, 0.5) is 0 Å². The number of aromatic nitrogens is 4. The fourth-order valence-corrected chi connectivity index (χ4v) is 1.89. The number of rotatable bonds is 5. The van der Waals surface area contributed by atoms with Gasteiger partial charge in [-0.25, -0.2) is 14.6 Å². The van der Waals surface area contributed by atoms with Gasteiger partial charge in [-0.05, 0) is 18.2 Å². The summed E-state index contributed by atoms with van der Waals surface area (Å²) in [7, 11) is 1.60. The largest absolute Gasteiger partial charge is 0.492 e. The fraction of sp³-hybridized carbons (Fsp3) is 0.214. The van der Waals surface area contributed by atoms with E-state index in [2.05, 4.69) is 15.1 Å². The average Bonchev–Trinajstić information content (AvgIpc) is 3.00. The van der Waals surface area contributed by atoms with Crippen molar-refractivity contribution < 1.29 is 9.47 Å². The van der Waals surface area contributed by atoms with E-state index >= 15 is 0 Å². The van der Waals surface area contributed by atoms with E-state index in [0.717, 1.165) is 16.7 Å². The molecule has 6 nitrogen and oxygen atoms in total. The number of nitrogens with zero attached hydrogens (tertiary/aromatic N) is 4.